The van der Waals surface area contributed by atoms with Crippen LogP contribution in [0.15, 0.2) is 41.6 Å². The molecular formula is C23H24ClF3N4O3S. The van der Waals surface area contributed by atoms with Crippen LogP contribution >= 0.6 is 23.4 Å². The third-order valence-electron chi connectivity index (χ3n) is 4.77. The van der Waals surface area contributed by atoms with Crippen LogP contribution in [0.4, 0.5) is 18.9 Å². The maximum absolute atomic E-state index is 12.9. The van der Waals surface area contributed by atoms with Gasteiger partial charge in [-0.25, -0.2) is 0 Å². The first-order valence-electron chi connectivity index (χ1n) is 10.7. The molecule has 3 rings (SSSR count). The molecule has 0 saturated carbocycles. The van der Waals surface area contributed by atoms with Gasteiger partial charge in [0.1, 0.15) is 6.61 Å². The quantitative estimate of drug-likeness (QED) is 0.326. The van der Waals surface area contributed by atoms with Gasteiger partial charge in [-0.05, 0) is 56.7 Å². The number of hydrogen-bond donors (Lipinski definition) is 1. The normalized spacial score (nSPS) is 11.4. The lowest BCUT2D eigenvalue weighted by molar-refractivity contribution is -0.137. The number of nitrogens with one attached hydrogen (secondary N) is 1. The van der Waals surface area contributed by atoms with E-state index in [1.54, 1.807) is 4.57 Å². The summed E-state index contributed by atoms with van der Waals surface area (Å²) in [4.78, 5) is 12.4. The molecule has 3 aromatic rings. The smallest absolute Gasteiger partial charge is 0.416 e. The zero-order valence-corrected chi connectivity index (χ0v) is 20.9. The Morgan fingerprint density at radius 3 is 2.57 bits per heavy atom. The summed E-state index contributed by atoms with van der Waals surface area (Å²) in [6, 6.07) is 8.38. The molecule has 1 amide bonds. The molecule has 0 bridgehead atoms. The largest absolute Gasteiger partial charge is 0.490 e. The van der Waals surface area contributed by atoms with E-state index in [2.05, 4.69) is 15.5 Å². The van der Waals surface area contributed by atoms with Gasteiger partial charge in [0.05, 0.1) is 28.6 Å². The van der Waals surface area contributed by atoms with Crippen molar-refractivity contribution in [2.24, 2.45) is 0 Å². The molecule has 0 aliphatic carbocycles. The number of aromatic nitrogens is 3. The van der Waals surface area contributed by atoms with E-state index in [-0.39, 0.29) is 23.1 Å². The number of ether oxygens (including phenoxy) is 2. The maximum Gasteiger partial charge on any atom is 0.416 e. The van der Waals surface area contributed by atoms with Crippen molar-refractivity contribution in [3.63, 3.8) is 0 Å². The first kappa shape index (κ1) is 26.7. The van der Waals surface area contributed by atoms with E-state index >= 15 is 0 Å². The number of aryl methyl sites for hydroxylation is 1. The van der Waals surface area contributed by atoms with Crippen molar-refractivity contribution in [3.05, 3.63) is 58.4 Å². The Morgan fingerprint density at radius 2 is 1.89 bits per heavy atom. The first-order valence-corrected chi connectivity index (χ1v) is 12.1. The lowest BCUT2D eigenvalue weighted by atomic mass is 10.2. The molecule has 0 atom stereocenters. The van der Waals surface area contributed by atoms with Crippen LogP contribution < -0.4 is 14.8 Å². The van der Waals surface area contributed by atoms with E-state index in [0.717, 1.165) is 35.5 Å². The highest BCUT2D eigenvalue weighted by molar-refractivity contribution is 7.99. The molecule has 0 radical (unpaired) electrons. The minimum Gasteiger partial charge on any atom is -0.490 e. The van der Waals surface area contributed by atoms with Crippen LogP contribution in [0, 0.1) is 6.92 Å². The van der Waals surface area contributed by atoms with Crippen molar-refractivity contribution in [2.45, 2.75) is 45.3 Å². The number of carbonyl (C=O) groups excluding carboxylic acids is 1. The molecule has 35 heavy (non-hydrogen) atoms. The number of halogens is 4. The van der Waals surface area contributed by atoms with Gasteiger partial charge in [0.2, 0.25) is 5.91 Å². The maximum atomic E-state index is 12.9. The number of thioether (sulfide) groups is 1. The van der Waals surface area contributed by atoms with Crippen molar-refractivity contribution in [3.8, 4) is 11.5 Å². The number of nitrogens with zero attached hydrogens (tertiary/aromatic N) is 3. The molecule has 0 aliphatic rings. The predicted octanol–water partition coefficient (Wildman–Crippen LogP) is 5.99. The van der Waals surface area contributed by atoms with Crippen LogP contribution in [-0.4, -0.2) is 33.0 Å². The fourth-order valence-electron chi connectivity index (χ4n) is 3.11. The van der Waals surface area contributed by atoms with Crippen molar-refractivity contribution in [1.82, 2.24) is 14.8 Å². The molecule has 0 spiro atoms. The van der Waals surface area contributed by atoms with Crippen LogP contribution in [0.25, 0.3) is 0 Å². The van der Waals surface area contributed by atoms with Crippen LogP contribution in [0.2, 0.25) is 5.02 Å². The summed E-state index contributed by atoms with van der Waals surface area (Å²) in [7, 11) is 0. The Kier molecular flexibility index (Phi) is 8.90. The molecule has 188 valence electrons. The summed E-state index contributed by atoms with van der Waals surface area (Å²) in [5, 5.41) is 11.2. The van der Waals surface area contributed by atoms with Crippen LogP contribution in [-0.2, 0) is 24.1 Å². The minimum atomic E-state index is -4.54. The van der Waals surface area contributed by atoms with Crippen molar-refractivity contribution in [1.29, 1.82) is 0 Å². The van der Waals surface area contributed by atoms with E-state index in [4.69, 9.17) is 21.1 Å². The molecular weight excluding hydrogens is 505 g/mol. The van der Waals surface area contributed by atoms with E-state index < -0.39 is 17.6 Å². The number of hydrogen-bond acceptors (Lipinski definition) is 6. The predicted molar refractivity (Wildman–Crippen MR) is 128 cm³/mol. The highest BCUT2D eigenvalue weighted by Gasteiger charge is 2.31. The van der Waals surface area contributed by atoms with Crippen molar-refractivity contribution >= 4 is 35.0 Å². The number of benzene rings is 2. The number of carbonyl (C=O) groups is 1. The van der Waals surface area contributed by atoms with E-state index in [9.17, 15) is 18.0 Å². The molecule has 0 saturated heterocycles. The van der Waals surface area contributed by atoms with Gasteiger partial charge in [0, 0.05) is 6.54 Å². The lowest BCUT2D eigenvalue weighted by Gasteiger charge is -2.13. The van der Waals surface area contributed by atoms with Gasteiger partial charge in [0.25, 0.3) is 0 Å². The summed E-state index contributed by atoms with van der Waals surface area (Å²) in [5.74, 6) is 1.14. The van der Waals surface area contributed by atoms with Gasteiger partial charge in [-0.2, -0.15) is 13.2 Å². The molecule has 0 aliphatic heterocycles. The third-order valence-corrected chi connectivity index (χ3v) is 6.06. The van der Waals surface area contributed by atoms with Gasteiger partial charge in [0.15, 0.2) is 22.5 Å². The molecule has 0 fully saturated rings. The summed E-state index contributed by atoms with van der Waals surface area (Å²) in [6.07, 6.45) is -4.54. The van der Waals surface area contributed by atoms with Crippen molar-refractivity contribution < 1.29 is 27.4 Å². The standard InChI is InChI=1S/C23H24ClF3N4O3S/c1-4-31-20(12-34-18-9-6-14(3)10-19(18)33-5-2)29-30-22(31)35-13-21(32)28-17-11-15(23(25,26)27)7-8-16(17)24/h6-11H,4-5,12-13H2,1-3H3,(H,28,32). The fraction of sp³-hybridized carbons (Fsp3) is 0.348. The SMILES string of the molecule is CCOc1cc(C)ccc1OCc1nnc(SCC(=O)Nc2cc(C(F)(F)F)ccc2Cl)n1CC. The van der Waals surface area contributed by atoms with Crippen LogP contribution in [0.5, 0.6) is 11.5 Å². The topological polar surface area (TPSA) is 78.3 Å². The molecule has 7 nitrogen and oxygen atoms in total. The zero-order valence-electron chi connectivity index (χ0n) is 19.3. The second-order valence-electron chi connectivity index (χ2n) is 7.34. The first-order chi connectivity index (χ1) is 16.6. The highest BCUT2D eigenvalue weighted by Crippen LogP contribution is 2.34. The third kappa shape index (κ3) is 7.04. The van der Waals surface area contributed by atoms with Gasteiger partial charge in [-0.15, -0.1) is 10.2 Å². The van der Waals surface area contributed by atoms with Crippen LogP contribution in [0.3, 0.4) is 0 Å². The van der Waals surface area contributed by atoms with Gasteiger partial charge in [-0.3, -0.25) is 4.79 Å². The molecule has 0 unspecified atom stereocenters. The number of amides is 1. The Hall–Kier alpha value is -2.92. The monoisotopic (exact) mass is 528 g/mol. The molecule has 12 heteroatoms. The average Bonchev–Trinajstić information content (AvgIpc) is 3.20. The van der Waals surface area contributed by atoms with E-state index in [1.807, 2.05) is 39.0 Å². The van der Waals surface area contributed by atoms with Gasteiger partial charge >= 0.3 is 6.18 Å². The second-order valence-corrected chi connectivity index (χ2v) is 8.69. The number of alkyl halides is 3. The van der Waals surface area contributed by atoms with Crippen molar-refractivity contribution in [2.75, 3.05) is 17.7 Å². The lowest BCUT2D eigenvalue weighted by Crippen LogP contribution is -2.16. The summed E-state index contributed by atoms with van der Waals surface area (Å²) >= 11 is 7.05. The average molecular weight is 529 g/mol. The Morgan fingerprint density at radius 1 is 1.11 bits per heavy atom. The molecule has 1 aromatic heterocycles. The van der Waals surface area contributed by atoms with Crippen LogP contribution in [0.1, 0.15) is 30.8 Å². The molecule has 2 aromatic carbocycles. The highest BCUT2D eigenvalue weighted by atomic mass is 35.5. The van der Waals surface area contributed by atoms with E-state index in [1.165, 1.54) is 0 Å². The minimum absolute atomic E-state index is 0.00929. The summed E-state index contributed by atoms with van der Waals surface area (Å²) in [6.45, 7) is 6.91. The summed E-state index contributed by atoms with van der Waals surface area (Å²) in [5.41, 5.74) is 0.0311. The second kappa shape index (κ2) is 11.7. The van der Waals surface area contributed by atoms with Gasteiger partial charge in [-0.1, -0.05) is 29.4 Å². The Balaban J connectivity index is 1.64. The summed E-state index contributed by atoms with van der Waals surface area (Å²) < 4.78 is 52.2. The van der Waals surface area contributed by atoms with E-state index in [0.29, 0.717) is 35.6 Å². The Bertz CT molecular complexity index is 1190. The number of rotatable bonds is 10. The molecule has 1 heterocycles. The van der Waals surface area contributed by atoms with Gasteiger partial charge < -0.3 is 19.4 Å². The number of anilines is 1. The fourth-order valence-corrected chi connectivity index (χ4v) is 4.10. The zero-order chi connectivity index (χ0) is 25.6. The molecule has 1 N–H and O–H groups in total. The Labute approximate surface area is 210 Å².